The van der Waals surface area contributed by atoms with Crippen LogP contribution in [0.1, 0.15) is 11.9 Å². The Bertz CT molecular complexity index is 254. The molecule has 1 rings (SSSR count). The molecule has 1 atom stereocenters. The molecular weight excluding hydrogens is 155 g/mol. The SMILES string of the molecule is O=C([O-])C(O)c1ncccn1.[Li+]. The number of nitrogens with zero attached hydrogens (tertiary/aromatic N) is 2. The number of carboxylic acids is 1. The molecule has 0 bridgehead atoms. The summed E-state index contributed by atoms with van der Waals surface area (Å²) < 4.78 is 0. The van der Waals surface area contributed by atoms with Crippen molar-refractivity contribution in [2.75, 3.05) is 0 Å². The van der Waals surface area contributed by atoms with Crippen LogP contribution in [0.2, 0.25) is 0 Å². The smallest absolute Gasteiger partial charge is 0.547 e. The van der Waals surface area contributed by atoms with Crippen LogP contribution in [0.5, 0.6) is 0 Å². The standard InChI is InChI=1S/C6H6N2O3.Li/c9-4(6(10)11)5-7-2-1-3-8-5;/h1-4,9H,(H,10,11);/q;+1/p-1. The molecule has 0 fully saturated rings. The van der Waals surface area contributed by atoms with Crippen LogP contribution in [0.4, 0.5) is 0 Å². The fourth-order valence-corrected chi connectivity index (χ4v) is 0.557. The summed E-state index contributed by atoms with van der Waals surface area (Å²) in [4.78, 5) is 17.1. The minimum absolute atomic E-state index is 0. The fourth-order valence-electron chi connectivity index (χ4n) is 0.557. The molecule has 0 saturated carbocycles. The van der Waals surface area contributed by atoms with Crippen LogP contribution in [0.25, 0.3) is 0 Å². The Kier molecular flexibility index (Phi) is 4.52. The van der Waals surface area contributed by atoms with Crippen LogP contribution in [0.3, 0.4) is 0 Å². The van der Waals surface area contributed by atoms with E-state index in [-0.39, 0.29) is 24.7 Å². The molecule has 0 aromatic carbocycles. The van der Waals surface area contributed by atoms with E-state index in [1.807, 2.05) is 0 Å². The van der Waals surface area contributed by atoms with E-state index >= 15 is 0 Å². The quantitative estimate of drug-likeness (QED) is 0.439. The molecule has 0 saturated heterocycles. The summed E-state index contributed by atoms with van der Waals surface area (Å²) in [6.07, 6.45) is 0.944. The number of aliphatic carboxylic acids is 1. The van der Waals surface area contributed by atoms with Crippen LogP contribution < -0.4 is 24.0 Å². The first kappa shape index (κ1) is 11.1. The van der Waals surface area contributed by atoms with Gasteiger partial charge in [-0.1, -0.05) is 0 Å². The average molecular weight is 160 g/mol. The molecule has 0 radical (unpaired) electrons. The van der Waals surface area contributed by atoms with E-state index in [9.17, 15) is 9.90 Å². The van der Waals surface area contributed by atoms with Crippen molar-refractivity contribution in [1.29, 1.82) is 0 Å². The molecule has 5 nitrogen and oxygen atoms in total. The molecule has 58 valence electrons. The van der Waals surface area contributed by atoms with Crippen LogP contribution >= 0.6 is 0 Å². The minimum Gasteiger partial charge on any atom is -0.547 e. The number of aliphatic hydroxyl groups is 1. The van der Waals surface area contributed by atoms with Gasteiger partial charge >= 0.3 is 18.9 Å². The third-order valence-corrected chi connectivity index (χ3v) is 1.05. The van der Waals surface area contributed by atoms with Gasteiger partial charge in [0, 0.05) is 12.4 Å². The number of aliphatic hydroxyl groups excluding tert-OH is 1. The Morgan fingerprint density at radius 3 is 2.42 bits per heavy atom. The topological polar surface area (TPSA) is 86.1 Å². The van der Waals surface area contributed by atoms with Crippen molar-refractivity contribution < 1.29 is 33.9 Å². The number of rotatable bonds is 2. The summed E-state index contributed by atoms with van der Waals surface area (Å²) in [5.41, 5.74) is 0. The first-order chi connectivity index (χ1) is 5.22. The van der Waals surface area contributed by atoms with E-state index in [1.165, 1.54) is 18.5 Å². The number of aromatic nitrogens is 2. The van der Waals surface area contributed by atoms with Crippen molar-refractivity contribution in [3.05, 3.63) is 24.3 Å². The first-order valence-electron chi connectivity index (χ1n) is 2.87. The monoisotopic (exact) mass is 160 g/mol. The summed E-state index contributed by atoms with van der Waals surface area (Å²) in [5.74, 6) is -1.76. The molecule has 0 aliphatic heterocycles. The third kappa shape index (κ3) is 2.62. The zero-order valence-corrected chi connectivity index (χ0v) is 6.47. The number of carbonyl (C=O) groups excluding carboxylic acids is 1. The van der Waals surface area contributed by atoms with Gasteiger partial charge in [0.2, 0.25) is 0 Å². The average Bonchev–Trinajstić information content (AvgIpc) is 2.05. The summed E-state index contributed by atoms with van der Waals surface area (Å²) >= 11 is 0. The van der Waals surface area contributed by atoms with E-state index in [4.69, 9.17) is 5.11 Å². The summed E-state index contributed by atoms with van der Waals surface area (Å²) in [6.45, 7) is 0. The largest absolute Gasteiger partial charge is 1.00 e. The van der Waals surface area contributed by atoms with Gasteiger partial charge in [0.05, 0.1) is 5.97 Å². The molecule has 1 heterocycles. The molecule has 0 spiro atoms. The summed E-state index contributed by atoms with van der Waals surface area (Å²) in [6, 6.07) is 1.52. The van der Waals surface area contributed by atoms with Crippen molar-refractivity contribution in [3.63, 3.8) is 0 Å². The second kappa shape index (κ2) is 4.88. The predicted octanol–water partition coefficient (Wildman–Crippen LogP) is -4.74. The van der Waals surface area contributed by atoms with E-state index in [0.29, 0.717) is 0 Å². The molecule has 0 amide bonds. The van der Waals surface area contributed by atoms with Crippen LogP contribution in [-0.2, 0) is 4.79 Å². The Labute approximate surface area is 80.6 Å². The molecule has 0 aliphatic carbocycles. The number of carbonyl (C=O) groups is 1. The summed E-state index contributed by atoms with van der Waals surface area (Å²) in [5, 5.41) is 18.9. The molecular formula is C6H5LiN2O3. The second-order valence-electron chi connectivity index (χ2n) is 1.83. The number of carboxylic acid groups (broad SMARTS) is 1. The maximum absolute atomic E-state index is 10.1. The van der Waals surface area contributed by atoms with E-state index < -0.39 is 12.1 Å². The minimum atomic E-state index is -1.74. The van der Waals surface area contributed by atoms with Gasteiger partial charge in [-0.2, -0.15) is 0 Å². The van der Waals surface area contributed by atoms with Gasteiger partial charge < -0.3 is 15.0 Å². The maximum Gasteiger partial charge on any atom is 1.00 e. The zero-order chi connectivity index (χ0) is 8.27. The number of hydrogen-bond donors (Lipinski definition) is 1. The van der Waals surface area contributed by atoms with Gasteiger partial charge in [0.25, 0.3) is 0 Å². The van der Waals surface area contributed by atoms with Crippen LogP contribution in [-0.4, -0.2) is 21.0 Å². The predicted molar refractivity (Wildman–Crippen MR) is 32.0 cm³/mol. The van der Waals surface area contributed by atoms with Crippen LogP contribution in [0, 0.1) is 0 Å². The molecule has 6 heteroatoms. The molecule has 1 aromatic heterocycles. The van der Waals surface area contributed by atoms with Crippen LogP contribution in [0.15, 0.2) is 18.5 Å². The molecule has 1 N–H and O–H groups in total. The molecule has 1 unspecified atom stereocenters. The third-order valence-electron chi connectivity index (χ3n) is 1.05. The number of hydrogen-bond acceptors (Lipinski definition) is 5. The van der Waals surface area contributed by atoms with Crippen molar-refractivity contribution in [1.82, 2.24) is 9.97 Å². The van der Waals surface area contributed by atoms with Crippen molar-refractivity contribution in [3.8, 4) is 0 Å². The van der Waals surface area contributed by atoms with E-state index in [2.05, 4.69) is 9.97 Å². The van der Waals surface area contributed by atoms with E-state index in [0.717, 1.165) is 0 Å². The maximum atomic E-state index is 10.1. The fraction of sp³-hybridized carbons (Fsp3) is 0.167. The molecule has 0 aliphatic rings. The summed E-state index contributed by atoms with van der Waals surface area (Å²) in [7, 11) is 0. The van der Waals surface area contributed by atoms with Gasteiger partial charge in [-0.25, -0.2) is 9.97 Å². The van der Waals surface area contributed by atoms with Gasteiger partial charge in [-0.15, -0.1) is 0 Å². The normalized spacial score (nSPS) is 11.4. The van der Waals surface area contributed by atoms with Crippen molar-refractivity contribution >= 4 is 5.97 Å². The van der Waals surface area contributed by atoms with E-state index in [1.54, 1.807) is 0 Å². The van der Waals surface area contributed by atoms with Gasteiger partial charge in [0.15, 0.2) is 11.9 Å². The van der Waals surface area contributed by atoms with Gasteiger partial charge in [-0.3, -0.25) is 0 Å². The van der Waals surface area contributed by atoms with Crippen molar-refractivity contribution in [2.45, 2.75) is 6.10 Å². The van der Waals surface area contributed by atoms with Gasteiger partial charge in [-0.05, 0) is 6.07 Å². The Hall–Kier alpha value is -0.893. The first-order valence-corrected chi connectivity index (χ1v) is 2.87. The van der Waals surface area contributed by atoms with Gasteiger partial charge in [0.1, 0.15) is 0 Å². The Morgan fingerprint density at radius 2 is 2.00 bits per heavy atom. The molecule has 1 aromatic rings. The Balaban J connectivity index is 0.00000121. The second-order valence-corrected chi connectivity index (χ2v) is 1.83. The van der Waals surface area contributed by atoms with Crippen molar-refractivity contribution in [2.24, 2.45) is 0 Å². The molecule has 12 heavy (non-hydrogen) atoms. The Morgan fingerprint density at radius 1 is 1.50 bits per heavy atom. The zero-order valence-electron chi connectivity index (χ0n) is 6.47.